The SMILES string of the molecule is Cc1nnc(C(C)C)n1C1CC2CCC(C1)N2CC[C@H](NC(=O)C1CCC(C)(C)CC1)c1ccccc1. The third-order valence-corrected chi connectivity index (χ3v) is 9.54. The lowest BCUT2D eigenvalue weighted by Crippen LogP contribution is -2.45. The van der Waals surface area contributed by atoms with Crippen LogP contribution < -0.4 is 5.32 Å². The highest BCUT2D eigenvalue weighted by molar-refractivity contribution is 5.79. The number of amides is 1. The molecule has 3 heterocycles. The van der Waals surface area contributed by atoms with Gasteiger partial charge in [-0.05, 0) is 75.7 Å². The molecule has 1 saturated carbocycles. The number of aromatic nitrogens is 3. The van der Waals surface area contributed by atoms with Crippen molar-refractivity contribution in [2.24, 2.45) is 11.3 Å². The van der Waals surface area contributed by atoms with Crippen molar-refractivity contribution in [1.29, 1.82) is 0 Å². The van der Waals surface area contributed by atoms with Crippen molar-refractivity contribution in [1.82, 2.24) is 25.0 Å². The Labute approximate surface area is 223 Å². The number of aryl methyl sites for hydroxylation is 1. The summed E-state index contributed by atoms with van der Waals surface area (Å²) in [5.41, 5.74) is 1.61. The molecule has 6 nitrogen and oxygen atoms in total. The quantitative estimate of drug-likeness (QED) is 0.455. The number of piperidine rings is 1. The zero-order valence-electron chi connectivity index (χ0n) is 23.6. The molecular formula is C31H47N5O. The molecule has 37 heavy (non-hydrogen) atoms. The first-order valence-corrected chi connectivity index (χ1v) is 14.7. The second kappa shape index (κ2) is 10.9. The van der Waals surface area contributed by atoms with Gasteiger partial charge < -0.3 is 9.88 Å². The van der Waals surface area contributed by atoms with E-state index in [2.05, 4.69) is 89.9 Å². The first-order valence-electron chi connectivity index (χ1n) is 14.7. The Hall–Kier alpha value is -2.21. The first-order chi connectivity index (χ1) is 17.7. The molecule has 5 rings (SSSR count). The molecule has 202 valence electrons. The van der Waals surface area contributed by atoms with Gasteiger partial charge in [-0.15, -0.1) is 10.2 Å². The summed E-state index contributed by atoms with van der Waals surface area (Å²) in [5.74, 6) is 3.00. The first kappa shape index (κ1) is 26.4. The summed E-state index contributed by atoms with van der Waals surface area (Å²) in [6.07, 6.45) is 10.2. The van der Waals surface area contributed by atoms with Crippen molar-refractivity contribution in [2.45, 2.75) is 122 Å². The van der Waals surface area contributed by atoms with E-state index in [-0.39, 0.29) is 17.9 Å². The van der Waals surface area contributed by atoms with Gasteiger partial charge in [0.15, 0.2) is 0 Å². The highest BCUT2D eigenvalue weighted by Gasteiger charge is 2.42. The van der Waals surface area contributed by atoms with E-state index in [1.165, 1.54) is 31.2 Å². The number of nitrogens with one attached hydrogen (secondary N) is 1. The molecule has 1 aromatic carbocycles. The van der Waals surface area contributed by atoms with Gasteiger partial charge in [-0.25, -0.2) is 0 Å². The van der Waals surface area contributed by atoms with Crippen LogP contribution in [0.15, 0.2) is 30.3 Å². The summed E-state index contributed by atoms with van der Waals surface area (Å²) in [7, 11) is 0. The van der Waals surface area contributed by atoms with Crippen molar-refractivity contribution in [3.05, 3.63) is 47.5 Å². The van der Waals surface area contributed by atoms with E-state index in [0.717, 1.165) is 50.3 Å². The van der Waals surface area contributed by atoms with Gasteiger partial charge in [-0.1, -0.05) is 58.0 Å². The van der Waals surface area contributed by atoms with Crippen molar-refractivity contribution in [3.8, 4) is 0 Å². The summed E-state index contributed by atoms with van der Waals surface area (Å²) in [6, 6.07) is 12.4. The van der Waals surface area contributed by atoms with E-state index < -0.39 is 0 Å². The monoisotopic (exact) mass is 505 g/mol. The molecule has 2 unspecified atom stereocenters. The summed E-state index contributed by atoms with van der Waals surface area (Å²) >= 11 is 0. The average molecular weight is 506 g/mol. The molecule has 6 heteroatoms. The second-order valence-corrected chi connectivity index (χ2v) is 13.1. The zero-order valence-corrected chi connectivity index (χ0v) is 23.6. The molecule has 3 atom stereocenters. The Bertz CT molecular complexity index is 1040. The molecule has 1 N–H and O–H groups in total. The predicted molar refractivity (Wildman–Crippen MR) is 148 cm³/mol. The lowest BCUT2D eigenvalue weighted by Gasteiger charge is -2.41. The Morgan fingerprint density at radius 2 is 1.65 bits per heavy atom. The smallest absolute Gasteiger partial charge is 0.223 e. The summed E-state index contributed by atoms with van der Waals surface area (Å²) < 4.78 is 2.44. The topological polar surface area (TPSA) is 63.1 Å². The molecule has 1 aromatic heterocycles. The molecule has 2 bridgehead atoms. The van der Waals surface area contributed by atoms with Crippen LogP contribution in [0.1, 0.15) is 121 Å². The highest BCUT2D eigenvalue weighted by atomic mass is 16.1. The molecular weight excluding hydrogens is 458 g/mol. The van der Waals surface area contributed by atoms with Gasteiger partial charge in [-0.2, -0.15) is 0 Å². The minimum atomic E-state index is 0.0772. The average Bonchev–Trinajstić information content (AvgIpc) is 3.37. The lowest BCUT2D eigenvalue weighted by molar-refractivity contribution is -0.127. The minimum absolute atomic E-state index is 0.0772. The standard InChI is InChI=1S/C31H47N5O/c1-21(2)29-34-33-22(3)36(29)27-19-25-11-12-26(20-27)35(25)18-15-28(23-9-7-6-8-10-23)32-30(37)24-13-16-31(4,5)17-14-24/h6-10,21,24-28H,11-20H2,1-5H3,(H,32,37)/t25?,26?,27?,28-/m0/s1. The molecule has 3 aliphatic rings. The number of rotatable bonds is 8. The van der Waals surface area contributed by atoms with E-state index in [4.69, 9.17) is 0 Å². The third kappa shape index (κ3) is 5.79. The van der Waals surface area contributed by atoms with Crippen LogP contribution in [-0.4, -0.2) is 44.2 Å². The second-order valence-electron chi connectivity index (χ2n) is 13.1. The van der Waals surface area contributed by atoms with Crippen LogP contribution in [0.2, 0.25) is 0 Å². The lowest BCUT2D eigenvalue weighted by atomic mass is 9.73. The number of hydrogen-bond donors (Lipinski definition) is 1. The van der Waals surface area contributed by atoms with Crippen LogP contribution in [0.3, 0.4) is 0 Å². The molecule has 1 aliphatic carbocycles. The van der Waals surface area contributed by atoms with E-state index in [1.54, 1.807) is 0 Å². The fraction of sp³-hybridized carbons (Fsp3) is 0.710. The van der Waals surface area contributed by atoms with Crippen LogP contribution in [0.25, 0.3) is 0 Å². The normalized spacial score (nSPS) is 26.9. The number of carbonyl (C=O) groups is 1. The number of nitrogens with zero attached hydrogens (tertiary/aromatic N) is 4. The van der Waals surface area contributed by atoms with Crippen molar-refractivity contribution in [2.75, 3.05) is 6.54 Å². The Kier molecular flexibility index (Phi) is 7.76. The molecule has 2 aliphatic heterocycles. The molecule has 2 aromatic rings. The van der Waals surface area contributed by atoms with E-state index in [1.807, 2.05) is 0 Å². The van der Waals surface area contributed by atoms with Crippen LogP contribution in [0.4, 0.5) is 0 Å². The molecule has 0 spiro atoms. The summed E-state index contributed by atoms with van der Waals surface area (Å²) in [6.45, 7) is 12.2. The number of fused-ring (bicyclic) bond motifs is 2. The van der Waals surface area contributed by atoms with Crippen molar-refractivity contribution < 1.29 is 4.79 Å². The van der Waals surface area contributed by atoms with Gasteiger partial charge >= 0.3 is 0 Å². The fourth-order valence-corrected chi connectivity index (χ4v) is 7.29. The minimum Gasteiger partial charge on any atom is -0.349 e. The fourth-order valence-electron chi connectivity index (χ4n) is 7.29. The molecule has 1 amide bonds. The number of hydrogen-bond acceptors (Lipinski definition) is 4. The van der Waals surface area contributed by atoms with Gasteiger partial charge in [0.05, 0.1) is 6.04 Å². The van der Waals surface area contributed by atoms with Crippen LogP contribution in [0.5, 0.6) is 0 Å². The van der Waals surface area contributed by atoms with Gasteiger partial charge in [-0.3, -0.25) is 9.69 Å². The number of benzene rings is 1. The summed E-state index contributed by atoms with van der Waals surface area (Å²) in [5, 5.41) is 12.4. The van der Waals surface area contributed by atoms with E-state index >= 15 is 0 Å². The van der Waals surface area contributed by atoms with Crippen LogP contribution in [0, 0.1) is 18.3 Å². The maximum absolute atomic E-state index is 13.3. The maximum Gasteiger partial charge on any atom is 0.223 e. The van der Waals surface area contributed by atoms with Crippen molar-refractivity contribution in [3.63, 3.8) is 0 Å². The maximum atomic E-state index is 13.3. The van der Waals surface area contributed by atoms with Crippen molar-refractivity contribution >= 4 is 5.91 Å². The van der Waals surface area contributed by atoms with Gasteiger partial charge in [0.1, 0.15) is 11.6 Å². The van der Waals surface area contributed by atoms with Gasteiger partial charge in [0, 0.05) is 36.5 Å². The van der Waals surface area contributed by atoms with E-state index in [9.17, 15) is 4.79 Å². The third-order valence-electron chi connectivity index (χ3n) is 9.54. The summed E-state index contributed by atoms with van der Waals surface area (Å²) in [4.78, 5) is 16.1. The molecule has 2 saturated heterocycles. The number of carbonyl (C=O) groups excluding carboxylic acids is 1. The molecule has 0 radical (unpaired) electrons. The van der Waals surface area contributed by atoms with E-state index in [0.29, 0.717) is 29.5 Å². The van der Waals surface area contributed by atoms with Crippen LogP contribution >= 0.6 is 0 Å². The predicted octanol–water partition coefficient (Wildman–Crippen LogP) is 6.34. The highest BCUT2D eigenvalue weighted by Crippen LogP contribution is 2.43. The van der Waals surface area contributed by atoms with Gasteiger partial charge in [0.25, 0.3) is 0 Å². The Balaban J connectivity index is 1.24. The zero-order chi connectivity index (χ0) is 26.2. The molecule has 3 fully saturated rings. The Morgan fingerprint density at radius 1 is 1.00 bits per heavy atom. The van der Waals surface area contributed by atoms with Gasteiger partial charge in [0.2, 0.25) is 5.91 Å². The largest absolute Gasteiger partial charge is 0.349 e. The Morgan fingerprint density at radius 3 is 2.27 bits per heavy atom. The van der Waals surface area contributed by atoms with Crippen LogP contribution in [-0.2, 0) is 4.79 Å².